The maximum atomic E-state index is 13.2. The Hall–Kier alpha value is -3.45. The van der Waals surface area contributed by atoms with Crippen LogP contribution in [0.15, 0.2) is 81.0 Å². The molecule has 31 heavy (non-hydrogen) atoms. The Morgan fingerprint density at radius 1 is 1.03 bits per heavy atom. The molecule has 0 N–H and O–H groups in total. The summed E-state index contributed by atoms with van der Waals surface area (Å²) in [4.78, 5) is 14.0. The van der Waals surface area contributed by atoms with Gasteiger partial charge in [-0.25, -0.2) is 4.68 Å². The van der Waals surface area contributed by atoms with Gasteiger partial charge in [-0.05, 0) is 38.5 Å². The van der Waals surface area contributed by atoms with Crippen LogP contribution in [0.1, 0.15) is 25.1 Å². The molecule has 0 bridgehead atoms. The number of aromatic nitrogens is 3. The minimum atomic E-state index is -0.0952. The van der Waals surface area contributed by atoms with Crippen molar-refractivity contribution in [2.75, 3.05) is 0 Å². The molecule has 6 nitrogen and oxygen atoms in total. The second kappa shape index (κ2) is 8.73. The highest BCUT2D eigenvalue weighted by Gasteiger charge is 2.18. The van der Waals surface area contributed by atoms with Crippen molar-refractivity contribution >= 4 is 17.0 Å². The number of thiazole rings is 1. The van der Waals surface area contributed by atoms with Gasteiger partial charge in [0.05, 0.1) is 22.7 Å². The Bertz CT molecular complexity index is 1350. The number of hydrogen-bond donors (Lipinski definition) is 0. The molecule has 0 fully saturated rings. The summed E-state index contributed by atoms with van der Waals surface area (Å²) in [7, 11) is 1.88. The molecular formula is C24H25N5OS. The molecule has 0 unspecified atom stereocenters. The number of nitrogens with zero attached hydrogens (tertiary/aromatic N) is 5. The maximum Gasteiger partial charge on any atom is 0.280 e. The highest BCUT2D eigenvalue weighted by atomic mass is 32.1. The van der Waals surface area contributed by atoms with E-state index in [1.165, 1.54) is 0 Å². The van der Waals surface area contributed by atoms with Crippen molar-refractivity contribution < 1.29 is 0 Å². The summed E-state index contributed by atoms with van der Waals surface area (Å²) in [5.41, 5.74) is 5.02. The smallest absolute Gasteiger partial charge is 0.280 e. The monoisotopic (exact) mass is 431 g/mol. The van der Waals surface area contributed by atoms with Crippen LogP contribution in [0.5, 0.6) is 0 Å². The van der Waals surface area contributed by atoms with Crippen LogP contribution in [-0.4, -0.2) is 19.6 Å². The van der Waals surface area contributed by atoms with Crippen molar-refractivity contribution in [3.8, 4) is 16.9 Å². The van der Waals surface area contributed by atoms with E-state index in [1.807, 2.05) is 74.1 Å². The van der Waals surface area contributed by atoms with Crippen LogP contribution in [-0.2, 0) is 13.6 Å². The maximum absolute atomic E-state index is 13.2. The van der Waals surface area contributed by atoms with Gasteiger partial charge in [0.25, 0.3) is 5.56 Å². The summed E-state index contributed by atoms with van der Waals surface area (Å²) in [6, 6.07) is 19.9. The standard InChI is InChI=1S/C24H25N5OS/c1-5-28-21(19-12-8-6-9-13-19)16-31-24(28)26-25-17(2)22-18(3)27(4)29(23(22)30)20-14-10-7-11-15-20/h6-16H,5H2,1-4H3/b25-17+,26-24+. The van der Waals surface area contributed by atoms with Gasteiger partial charge in [0.1, 0.15) is 0 Å². The SMILES string of the molecule is CCn1c(-c2ccccc2)cs/c1=N/N=C(\C)c1c(C)n(C)n(-c2ccccc2)c1=O. The normalized spacial score (nSPS) is 12.5. The van der Waals surface area contributed by atoms with Crippen molar-refractivity contribution in [1.29, 1.82) is 0 Å². The summed E-state index contributed by atoms with van der Waals surface area (Å²) in [5, 5.41) is 11.1. The van der Waals surface area contributed by atoms with Gasteiger partial charge in [-0.15, -0.1) is 16.4 Å². The Morgan fingerprint density at radius 3 is 2.32 bits per heavy atom. The molecule has 4 rings (SSSR count). The highest BCUT2D eigenvalue weighted by Crippen LogP contribution is 2.19. The lowest BCUT2D eigenvalue weighted by Crippen LogP contribution is -2.22. The summed E-state index contributed by atoms with van der Waals surface area (Å²) >= 11 is 1.55. The molecule has 2 aromatic heterocycles. The third kappa shape index (κ3) is 3.84. The second-order valence-corrected chi connectivity index (χ2v) is 8.07. The average molecular weight is 432 g/mol. The van der Waals surface area contributed by atoms with E-state index in [1.54, 1.807) is 16.0 Å². The van der Waals surface area contributed by atoms with Crippen LogP contribution in [0.4, 0.5) is 0 Å². The van der Waals surface area contributed by atoms with Crippen molar-refractivity contribution in [3.63, 3.8) is 0 Å². The number of benzene rings is 2. The summed E-state index contributed by atoms with van der Waals surface area (Å²) in [6.45, 7) is 6.64. The first-order chi connectivity index (χ1) is 15.0. The van der Waals surface area contributed by atoms with Crippen LogP contribution in [0, 0.1) is 6.92 Å². The summed E-state index contributed by atoms with van der Waals surface area (Å²) in [5.74, 6) is 0. The molecule has 0 radical (unpaired) electrons. The molecule has 0 saturated heterocycles. The average Bonchev–Trinajstić information content (AvgIpc) is 3.31. The molecule has 0 aliphatic carbocycles. The number of para-hydroxylation sites is 1. The fourth-order valence-corrected chi connectivity index (χ4v) is 4.63. The van der Waals surface area contributed by atoms with E-state index in [9.17, 15) is 4.79 Å². The largest absolute Gasteiger partial charge is 0.315 e. The first-order valence-corrected chi connectivity index (χ1v) is 11.1. The summed E-state index contributed by atoms with van der Waals surface area (Å²) < 4.78 is 5.66. The molecular weight excluding hydrogens is 406 g/mol. The van der Waals surface area contributed by atoms with E-state index in [-0.39, 0.29) is 5.56 Å². The predicted octanol–water partition coefficient (Wildman–Crippen LogP) is 4.36. The minimum Gasteiger partial charge on any atom is -0.315 e. The van der Waals surface area contributed by atoms with E-state index in [0.29, 0.717) is 11.3 Å². The molecule has 0 aliphatic heterocycles. The molecule has 0 atom stereocenters. The zero-order valence-corrected chi connectivity index (χ0v) is 18.9. The Balaban J connectivity index is 1.78. The highest BCUT2D eigenvalue weighted by molar-refractivity contribution is 7.07. The van der Waals surface area contributed by atoms with Gasteiger partial charge < -0.3 is 4.57 Å². The lowest BCUT2D eigenvalue weighted by Gasteiger charge is -2.07. The van der Waals surface area contributed by atoms with Crippen molar-refractivity contribution in [1.82, 2.24) is 13.9 Å². The Morgan fingerprint density at radius 2 is 1.68 bits per heavy atom. The molecule has 0 aliphatic rings. The first kappa shape index (κ1) is 20.8. The van der Waals surface area contributed by atoms with Crippen LogP contribution in [0.3, 0.4) is 0 Å². The van der Waals surface area contributed by atoms with E-state index in [0.717, 1.165) is 34.0 Å². The van der Waals surface area contributed by atoms with Gasteiger partial charge >= 0.3 is 0 Å². The molecule has 0 spiro atoms. The van der Waals surface area contributed by atoms with Crippen molar-refractivity contribution in [2.24, 2.45) is 17.3 Å². The molecule has 2 heterocycles. The van der Waals surface area contributed by atoms with Gasteiger partial charge in [-0.2, -0.15) is 5.10 Å². The van der Waals surface area contributed by atoms with Crippen molar-refractivity contribution in [3.05, 3.63) is 92.5 Å². The Kier molecular flexibility index (Phi) is 5.86. The van der Waals surface area contributed by atoms with Gasteiger partial charge in [0.15, 0.2) is 0 Å². The number of hydrogen-bond acceptors (Lipinski definition) is 4. The molecule has 0 saturated carbocycles. The quantitative estimate of drug-likeness (QED) is 0.342. The minimum absolute atomic E-state index is 0.0952. The third-order valence-corrected chi connectivity index (χ3v) is 6.24. The molecule has 2 aromatic carbocycles. The Labute approximate surface area is 185 Å². The predicted molar refractivity (Wildman–Crippen MR) is 127 cm³/mol. The van der Waals surface area contributed by atoms with Crippen LogP contribution in [0.25, 0.3) is 16.9 Å². The lowest BCUT2D eigenvalue weighted by molar-refractivity contribution is 0.630. The first-order valence-electron chi connectivity index (χ1n) is 10.2. The van der Waals surface area contributed by atoms with E-state index < -0.39 is 0 Å². The van der Waals surface area contributed by atoms with Gasteiger partial charge in [0, 0.05) is 24.7 Å². The lowest BCUT2D eigenvalue weighted by atomic mass is 10.2. The molecule has 0 amide bonds. The topological polar surface area (TPSA) is 56.6 Å². The van der Waals surface area contributed by atoms with Crippen LogP contribution < -0.4 is 10.4 Å². The fraction of sp³-hybridized carbons (Fsp3) is 0.208. The molecule has 4 aromatic rings. The van der Waals surface area contributed by atoms with E-state index >= 15 is 0 Å². The zero-order valence-electron chi connectivity index (χ0n) is 18.1. The van der Waals surface area contributed by atoms with Crippen LogP contribution >= 0.6 is 11.3 Å². The van der Waals surface area contributed by atoms with Crippen molar-refractivity contribution in [2.45, 2.75) is 27.3 Å². The van der Waals surface area contributed by atoms with E-state index in [2.05, 4.69) is 39.2 Å². The van der Waals surface area contributed by atoms with Gasteiger partial charge in [-0.3, -0.25) is 9.48 Å². The van der Waals surface area contributed by atoms with E-state index in [4.69, 9.17) is 0 Å². The second-order valence-electron chi connectivity index (χ2n) is 7.24. The zero-order chi connectivity index (χ0) is 22.0. The summed E-state index contributed by atoms with van der Waals surface area (Å²) in [6.07, 6.45) is 0. The molecule has 7 heteroatoms. The third-order valence-electron chi connectivity index (χ3n) is 5.39. The number of rotatable bonds is 5. The van der Waals surface area contributed by atoms with Gasteiger partial charge in [-0.1, -0.05) is 48.5 Å². The fourth-order valence-electron chi connectivity index (χ4n) is 3.71. The molecule has 158 valence electrons. The van der Waals surface area contributed by atoms with Crippen LogP contribution in [0.2, 0.25) is 0 Å². The van der Waals surface area contributed by atoms with Gasteiger partial charge in [0.2, 0.25) is 4.80 Å².